The highest BCUT2D eigenvalue weighted by atomic mass is 79.9. The lowest BCUT2D eigenvalue weighted by Gasteiger charge is -2.31. The van der Waals surface area contributed by atoms with Crippen LogP contribution in [0.5, 0.6) is 0 Å². The zero-order valence-electron chi connectivity index (χ0n) is 9.13. The quantitative estimate of drug-likeness (QED) is 0.748. The molecule has 1 saturated carbocycles. The van der Waals surface area contributed by atoms with E-state index < -0.39 is 0 Å². The summed E-state index contributed by atoms with van der Waals surface area (Å²) in [6.07, 6.45) is 3.83. The van der Waals surface area contributed by atoms with Crippen LogP contribution in [0.2, 0.25) is 0 Å². The molecule has 1 saturated heterocycles. The van der Waals surface area contributed by atoms with Crippen molar-refractivity contribution in [3.63, 3.8) is 0 Å². The molecule has 16 heavy (non-hydrogen) atoms. The van der Waals surface area contributed by atoms with Gasteiger partial charge in [0.05, 0.1) is 5.69 Å². The largest absolute Gasteiger partial charge is 0.366 e. The first kappa shape index (κ1) is 10.6. The Bertz CT molecular complexity index is 407. The molecule has 0 spiro atoms. The third-order valence-corrected chi connectivity index (χ3v) is 4.51. The average molecular weight is 284 g/mol. The van der Waals surface area contributed by atoms with Gasteiger partial charge in [-0.25, -0.2) is 4.39 Å². The van der Waals surface area contributed by atoms with Crippen LogP contribution in [0, 0.1) is 11.7 Å². The van der Waals surface area contributed by atoms with Gasteiger partial charge >= 0.3 is 0 Å². The SMILES string of the molecule is Fc1cccc(CBr)c1N1CC2CCC1C2. The Hall–Kier alpha value is -0.570. The number of hydrogen-bond acceptors (Lipinski definition) is 1. The van der Waals surface area contributed by atoms with E-state index in [1.807, 2.05) is 6.07 Å². The number of hydrogen-bond donors (Lipinski definition) is 0. The summed E-state index contributed by atoms with van der Waals surface area (Å²) >= 11 is 3.45. The van der Waals surface area contributed by atoms with Crippen LogP contribution in [0.15, 0.2) is 18.2 Å². The number of alkyl halides is 1. The maximum absolute atomic E-state index is 14.0. The summed E-state index contributed by atoms with van der Waals surface area (Å²) in [5, 5.41) is 0.730. The summed E-state index contributed by atoms with van der Waals surface area (Å²) in [7, 11) is 0. The van der Waals surface area contributed by atoms with Crippen LogP contribution < -0.4 is 4.90 Å². The fraction of sp³-hybridized carbons (Fsp3) is 0.538. The van der Waals surface area contributed by atoms with Gasteiger partial charge < -0.3 is 4.90 Å². The molecule has 2 bridgehead atoms. The van der Waals surface area contributed by atoms with Gasteiger partial charge in [0.2, 0.25) is 0 Å². The number of para-hydroxylation sites is 1. The van der Waals surface area contributed by atoms with Crippen molar-refractivity contribution in [2.75, 3.05) is 11.4 Å². The minimum atomic E-state index is -0.0653. The van der Waals surface area contributed by atoms with Crippen molar-refractivity contribution in [1.29, 1.82) is 0 Å². The third kappa shape index (κ3) is 1.56. The summed E-state index contributed by atoms with van der Waals surface area (Å²) in [6.45, 7) is 1.05. The Labute approximate surface area is 104 Å². The summed E-state index contributed by atoms with van der Waals surface area (Å²) in [5.74, 6) is 0.734. The molecule has 0 amide bonds. The first-order valence-electron chi connectivity index (χ1n) is 5.89. The lowest BCUT2D eigenvalue weighted by atomic mass is 10.1. The highest BCUT2D eigenvalue weighted by molar-refractivity contribution is 9.08. The highest BCUT2D eigenvalue weighted by Gasteiger charge is 2.39. The summed E-state index contributed by atoms with van der Waals surface area (Å²) in [5.41, 5.74) is 1.92. The molecule has 1 aromatic carbocycles. The number of rotatable bonds is 2. The number of anilines is 1. The Morgan fingerprint density at radius 1 is 1.38 bits per heavy atom. The van der Waals surface area contributed by atoms with Crippen LogP contribution in [0.25, 0.3) is 0 Å². The Morgan fingerprint density at radius 2 is 2.25 bits per heavy atom. The zero-order valence-corrected chi connectivity index (χ0v) is 10.7. The van der Waals surface area contributed by atoms with E-state index in [4.69, 9.17) is 0 Å². The molecule has 3 heteroatoms. The smallest absolute Gasteiger partial charge is 0.146 e. The van der Waals surface area contributed by atoms with Crippen LogP contribution in [0.4, 0.5) is 10.1 Å². The lowest BCUT2D eigenvalue weighted by molar-refractivity contribution is 0.539. The number of nitrogens with zero attached hydrogens (tertiary/aromatic N) is 1. The van der Waals surface area contributed by atoms with Gasteiger partial charge in [-0.05, 0) is 36.8 Å². The van der Waals surface area contributed by atoms with E-state index in [0.29, 0.717) is 6.04 Å². The van der Waals surface area contributed by atoms with Gasteiger partial charge in [0, 0.05) is 17.9 Å². The van der Waals surface area contributed by atoms with Gasteiger partial charge in [-0.2, -0.15) is 0 Å². The van der Waals surface area contributed by atoms with E-state index in [1.165, 1.54) is 19.3 Å². The van der Waals surface area contributed by atoms with E-state index in [0.717, 1.165) is 29.0 Å². The molecular weight excluding hydrogens is 269 g/mol. The van der Waals surface area contributed by atoms with Crippen molar-refractivity contribution < 1.29 is 4.39 Å². The molecule has 0 radical (unpaired) electrons. The van der Waals surface area contributed by atoms with E-state index in [-0.39, 0.29) is 5.82 Å². The van der Waals surface area contributed by atoms with Crippen molar-refractivity contribution >= 4 is 21.6 Å². The van der Waals surface area contributed by atoms with E-state index in [1.54, 1.807) is 12.1 Å². The first-order chi connectivity index (χ1) is 7.79. The zero-order chi connectivity index (χ0) is 11.1. The molecule has 2 unspecified atom stereocenters. The Kier molecular flexibility index (Phi) is 2.66. The summed E-state index contributed by atoms with van der Waals surface area (Å²) in [6, 6.07) is 5.97. The summed E-state index contributed by atoms with van der Waals surface area (Å²) < 4.78 is 14.0. The van der Waals surface area contributed by atoms with Crippen molar-refractivity contribution in [3.05, 3.63) is 29.6 Å². The van der Waals surface area contributed by atoms with Crippen LogP contribution >= 0.6 is 15.9 Å². The maximum Gasteiger partial charge on any atom is 0.146 e. The van der Waals surface area contributed by atoms with Crippen molar-refractivity contribution in [2.24, 2.45) is 5.92 Å². The topological polar surface area (TPSA) is 3.24 Å². The molecule has 1 aliphatic carbocycles. The molecule has 0 aromatic heterocycles. The van der Waals surface area contributed by atoms with E-state index in [9.17, 15) is 4.39 Å². The average Bonchev–Trinajstić information content (AvgIpc) is 2.90. The first-order valence-corrected chi connectivity index (χ1v) is 7.01. The van der Waals surface area contributed by atoms with Crippen LogP contribution in [-0.2, 0) is 5.33 Å². The predicted octanol–water partition coefficient (Wildman–Crippen LogP) is 3.71. The highest BCUT2D eigenvalue weighted by Crippen LogP contribution is 2.42. The monoisotopic (exact) mass is 283 g/mol. The van der Waals surface area contributed by atoms with Gasteiger partial charge in [0.1, 0.15) is 5.82 Å². The normalized spacial score (nSPS) is 27.8. The molecule has 0 N–H and O–H groups in total. The molecular formula is C13H15BrFN. The standard InChI is InChI=1S/C13H15BrFN/c14-7-10-2-1-3-12(15)13(10)16-8-9-4-5-11(16)6-9/h1-3,9,11H,4-8H2. The number of piperidine rings is 1. The summed E-state index contributed by atoms with van der Waals surface area (Å²) in [4.78, 5) is 2.29. The number of halogens is 2. The van der Waals surface area contributed by atoms with Crippen LogP contribution in [-0.4, -0.2) is 12.6 Å². The second-order valence-corrected chi connectivity index (χ2v) is 5.43. The molecule has 2 fully saturated rings. The van der Waals surface area contributed by atoms with Crippen molar-refractivity contribution in [3.8, 4) is 0 Å². The van der Waals surface area contributed by atoms with Gasteiger partial charge in [-0.3, -0.25) is 0 Å². The second kappa shape index (κ2) is 4.02. The fourth-order valence-electron chi connectivity index (χ4n) is 3.19. The van der Waals surface area contributed by atoms with Crippen molar-refractivity contribution in [2.45, 2.75) is 30.6 Å². The molecule has 1 aliphatic heterocycles. The third-order valence-electron chi connectivity index (χ3n) is 3.91. The fourth-order valence-corrected chi connectivity index (χ4v) is 3.64. The second-order valence-electron chi connectivity index (χ2n) is 4.87. The van der Waals surface area contributed by atoms with Crippen LogP contribution in [0.3, 0.4) is 0 Å². The molecule has 2 atom stereocenters. The Balaban J connectivity index is 1.99. The molecule has 1 aromatic rings. The van der Waals surface area contributed by atoms with E-state index >= 15 is 0 Å². The molecule has 1 nitrogen and oxygen atoms in total. The predicted molar refractivity (Wildman–Crippen MR) is 67.5 cm³/mol. The van der Waals surface area contributed by atoms with Crippen molar-refractivity contribution in [1.82, 2.24) is 0 Å². The van der Waals surface area contributed by atoms with E-state index in [2.05, 4.69) is 20.8 Å². The molecule has 3 rings (SSSR count). The maximum atomic E-state index is 14.0. The van der Waals surface area contributed by atoms with Gasteiger partial charge in [0.15, 0.2) is 0 Å². The van der Waals surface area contributed by atoms with Gasteiger partial charge in [-0.15, -0.1) is 0 Å². The van der Waals surface area contributed by atoms with Crippen LogP contribution in [0.1, 0.15) is 24.8 Å². The minimum Gasteiger partial charge on any atom is -0.366 e. The Morgan fingerprint density at radius 3 is 2.88 bits per heavy atom. The number of benzene rings is 1. The number of fused-ring (bicyclic) bond motifs is 2. The molecule has 86 valence electrons. The lowest BCUT2D eigenvalue weighted by Crippen LogP contribution is -2.33. The molecule has 1 heterocycles. The van der Waals surface area contributed by atoms with Gasteiger partial charge in [0.25, 0.3) is 0 Å². The minimum absolute atomic E-state index is 0.0653. The van der Waals surface area contributed by atoms with Gasteiger partial charge in [-0.1, -0.05) is 28.1 Å². The molecule has 2 aliphatic rings.